The van der Waals surface area contributed by atoms with Crippen LogP contribution in [-0.2, 0) is 13.5 Å². The average Bonchev–Trinajstić information content (AvgIpc) is 3.03. The Kier molecular flexibility index (Phi) is 4.42. The zero-order chi connectivity index (χ0) is 14.8. The summed E-state index contributed by atoms with van der Waals surface area (Å²) in [5.74, 6) is 0. The number of likely N-dealkylation sites (N-methyl/N-ethyl adjacent to an activating group) is 1. The van der Waals surface area contributed by atoms with Gasteiger partial charge in [-0.2, -0.15) is 5.10 Å². The van der Waals surface area contributed by atoms with E-state index in [9.17, 15) is 0 Å². The van der Waals surface area contributed by atoms with Gasteiger partial charge in [-0.05, 0) is 40.7 Å². The third kappa shape index (κ3) is 3.05. The number of thiophene rings is 1. The quantitative estimate of drug-likeness (QED) is 0.732. The van der Waals surface area contributed by atoms with Crippen molar-refractivity contribution >= 4 is 38.2 Å². The standard InChI is InChI=1S/C16H18BrN3S/c1-3-18-13(10-11-8-9-15(17)21-11)16-12-6-4-5-7-14(12)20(2)19-16/h4-9,13,18H,3,10H2,1-2H3. The van der Waals surface area contributed by atoms with Crippen LogP contribution in [0.5, 0.6) is 0 Å². The Morgan fingerprint density at radius 3 is 2.81 bits per heavy atom. The first-order valence-corrected chi connectivity index (χ1v) is 8.69. The molecule has 1 atom stereocenters. The summed E-state index contributed by atoms with van der Waals surface area (Å²) in [6, 6.07) is 13.0. The number of halogens is 1. The summed E-state index contributed by atoms with van der Waals surface area (Å²) in [7, 11) is 2.01. The first-order valence-electron chi connectivity index (χ1n) is 7.08. The summed E-state index contributed by atoms with van der Waals surface area (Å²) in [6.07, 6.45) is 0.963. The molecule has 5 heteroatoms. The summed E-state index contributed by atoms with van der Waals surface area (Å²) in [6.45, 7) is 3.07. The molecule has 3 rings (SSSR count). The van der Waals surface area contributed by atoms with E-state index in [1.165, 1.54) is 19.6 Å². The number of benzene rings is 1. The van der Waals surface area contributed by atoms with Gasteiger partial charge in [0, 0.05) is 23.7 Å². The first-order chi connectivity index (χ1) is 10.2. The van der Waals surface area contributed by atoms with Gasteiger partial charge in [-0.25, -0.2) is 0 Å². The van der Waals surface area contributed by atoms with Crippen LogP contribution < -0.4 is 5.32 Å². The van der Waals surface area contributed by atoms with Crippen LogP contribution >= 0.6 is 27.3 Å². The second-order valence-corrected chi connectivity index (χ2v) is 7.59. The van der Waals surface area contributed by atoms with E-state index >= 15 is 0 Å². The van der Waals surface area contributed by atoms with Gasteiger partial charge in [-0.3, -0.25) is 4.68 Å². The monoisotopic (exact) mass is 363 g/mol. The molecule has 0 saturated carbocycles. The van der Waals surface area contributed by atoms with Crippen LogP contribution in [0.1, 0.15) is 23.5 Å². The molecule has 3 nitrogen and oxygen atoms in total. The predicted molar refractivity (Wildman–Crippen MR) is 92.9 cm³/mol. The van der Waals surface area contributed by atoms with Crippen molar-refractivity contribution in [3.8, 4) is 0 Å². The molecule has 110 valence electrons. The summed E-state index contributed by atoms with van der Waals surface area (Å²) in [5, 5.41) is 9.57. The fourth-order valence-electron chi connectivity index (χ4n) is 2.67. The summed E-state index contributed by atoms with van der Waals surface area (Å²) in [4.78, 5) is 1.36. The molecule has 0 fully saturated rings. The fraction of sp³-hybridized carbons (Fsp3) is 0.312. The van der Waals surface area contributed by atoms with E-state index in [4.69, 9.17) is 5.10 Å². The van der Waals surface area contributed by atoms with Crippen LogP contribution in [0.15, 0.2) is 40.2 Å². The zero-order valence-electron chi connectivity index (χ0n) is 12.1. The number of fused-ring (bicyclic) bond motifs is 1. The lowest BCUT2D eigenvalue weighted by Crippen LogP contribution is -2.23. The Hall–Kier alpha value is -1.17. The third-order valence-corrected chi connectivity index (χ3v) is 5.25. The molecular weight excluding hydrogens is 346 g/mol. The van der Waals surface area contributed by atoms with Gasteiger partial charge in [0.15, 0.2) is 0 Å². The van der Waals surface area contributed by atoms with Crippen LogP contribution in [0, 0.1) is 0 Å². The normalized spacial score (nSPS) is 12.9. The predicted octanol–water partition coefficient (Wildman–Crippen LogP) is 4.29. The van der Waals surface area contributed by atoms with E-state index in [1.54, 1.807) is 11.3 Å². The maximum atomic E-state index is 4.76. The van der Waals surface area contributed by atoms with Gasteiger partial charge in [0.25, 0.3) is 0 Å². The van der Waals surface area contributed by atoms with Gasteiger partial charge in [0.05, 0.1) is 21.0 Å². The van der Waals surface area contributed by atoms with Crippen molar-refractivity contribution < 1.29 is 0 Å². The number of hydrogen-bond donors (Lipinski definition) is 1. The molecule has 0 bridgehead atoms. The Balaban J connectivity index is 1.99. The van der Waals surface area contributed by atoms with Crippen LogP contribution in [0.4, 0.5) is 0 Å². The smallest absolute Gasteiger partial charge is 0.0876 e. The highest BCUT2D eigenvalue weighted by Crippen LogP contribution is 2.29. The van der Waals surface area contributed by atoms with Crippen molar-refractivity contribution in [3.05, 3.63) is 50.8 Å². The molecule has 0 radical (unpaired) electrons. The molecule has 2 aromatic heterocycles. The van der Waals surface area contributed by atoms with Gasteiger partial charge in [0.2, 0.25) is 0 Å². The summed E-state index contributed by atoms with van der Waals surface area (Å²) in [5.41, 5.74) is 2.32. The van der Waals surface area contributed by atoms with E-state index in [1.807, 2.05) is 11.7 Å². The second kappa shape index (κ2) is 6.30. The highest BCUT2D eigenvalue weighted by atomic mass is 79.9. The average molecular weight is 364 g/mol. The first kappa shape index (κ1) is 14.8. The Labute approximate surface area is 137 Å². The lowest BCUT2D eigenvalue weighted by Gasteiger charge is -2.15. The van der Waals surface area contributed by atoms with Crippen molar-refractivity contribution in [1.29, 1.82) is 0 Å². The molecule has 0 aliphatic rings. The molecule has 0 aliphatic heterocycles. The number of nitrogens with zero attached hydrogens (tertiary/aromatic N) is 2. The number of nitrogens with one attached hydrogen (secondary N) is 1. The van der Waals surface area contributed by atoms with Gasteiger partial charge in [-0.1, -0.05) is 25.1 Å². The fourth-order valence-corrected chi connectivity index (χ4v) is 4.20. The van der Waals surface area contributed by atoms with Crippen LogP contribution in [0.2, 0.25) is 0 Å². The van der Waals surface area contributed by atoms with Crippen LogP contribution in [0.25, 0.3) is 10.9 Å². The summed E-state index contributed by atoms with van der Waals surface area (Å²) >= 11 is 5.33. The van der Waals surface area contributed by atoms with Crippen molar-refractivity contribution in [2.75, 3.05) is 6.54 Å². The van der Waals surface area contributed by atoms with Crippen LogP contribution in [0.3, 0.4) is 0 Å². The van der Waals surface area contributed by atoms with Gasteiger partial charge in [-0.15, -0.1) is 11.3 Å². The van der Waals surface area contributed by atoms with Crippen LogP contribution in [-0.4, -0.2) is 16.3 Å². The molecule has 0 amide bonds. The lowest BCUT2D eigenvalue weighted by atomic mass is 10.1. The molecule has 0 saturated heterocycles. The number of para-hydroxylation sites is 1. The van der Waals surface area contributed by atoms with Crippen molar-refractivity contribution in [3.63, 3.8) is 0 Å². The molecule has 0 spiro atoms. The number of hydrogen-bond acceptors (Lipinski definition) is 3. The number of aromatic nitrogens is 2. The van der Waals surface area contributed by atoms with Gasteiger partial charge >= 0.3 is 0 Å². The SMILES string of the molecule is CCNC(Cc1ccc(Br)s1)c1nn(C)c2ccccc12. The minimum absolute atomic E-state index is 0.242. The molecule has 1 aromatic carbocycles. The Bertz CT molecular complexity index is 747. The highest BCUT2D eigenvalue weighted by Gasteiger charge is 2.19. The van der Waals surface area contributed by atoms with Crippen molar-refractivity contribution in [2.45, 2.75) is 19.4 Å². The lowest BCUT2D eigenvalue weighted by molar-refractivity contribution is 0.534. The minimum atomic E-state index is 0.242. The zero-order valence-corrected chi connectivity index (χ0v) is 14.5. The Morgan fingerprint density at radius 2 is 2.10 bits per heavy atom. The minimum Gasteiger partial charge on any atom is -0.309 e. The van der Waals surface area contributed by atoms with Gasteiger partial charge < -0.3 is 5.32 Å². The second-order valence-electron chi connectivity index (χ2n) is 5.05. The van der Waals surface area contributed by atoms with E-state index < -0.39 is 0 Å². The molecule has 21 heavy (non-hydrogen) atoms. The van der Waals surface area contributed by atoms with Crippen molar-refractivity contribution in [2.24, 2.45) is 7.05 Å². The van der Waals surface area contributed by atoms with E-state index in [0.717, 1.165) is 18.7 Å². The van der Waals surface area contributed by atoms with E-state index in [0.29, 0.717) is 0 Å². The molecule has 1 N–H and O–H groups in total. The van der Waals surface area contributed by atoms with E-state index in [2.05, 4.69) is 64.6 Å². The number of rotatable bonds is 5. The van der Waals surface area contributed by atoms with Gasteiger partial charge in [0.1, 0.15) is 0 Å². The molecule has 2 heterocycles. The maximum absolute atomic E-state index is 4.76. The van der Waals surface area contributed by atoms with Crippen molar-refractivity contribution in [1.82, 2.24) is 15.1 Å². The molecule has 3 aromatic rings. The maximum Gasteiger partial charge on any atom is 0.0876 e. The Morgan fingerprint density at radius 1 is 1.29 bits per heavy atom. The highest BCUT2D eigenvalue weighted by molar-refractivity contribution is 9.11. The molecule has 0 aliphatic carbocycles. The van der Waals surface area contributed by atoms with E-state index in [-0.39, 0.29) is 6.04 Å². The largest absolute Gasteiger partial charge is 0.309 e. The summed E-state index contributed by atoms with van der Waals surface area (Å²) < 4.78 is 3.15. The molecular formula is C16H18BrN3S. The molecule has 1 unspecified atom stereocenters. The number of aryl methyl sites for hydroxylation is 1. The third-order valence-electron chi connectivity index (χ3n) is 3.60. The topological polar surface area (TPSA) is 29.9 Å².